The Hall–Kier alpha value is -0.560. The molecule has 12 heavy (non-hydrogen) atoms. The second-order valence-electron chi connectivity index (χ2n) is 3.07. The minimum absolute atomic E-state index is 0.336. The molecule has 0 aromatic carbocycles. The molecule has 0 aliphatic rings. The van der Waals surface area contributed by atoms with Crippen LogP contribution in [0.4, 0.5) is 0 Å². The highest BCUT2D eigenvalue weighted by atomic mass is 16.5. The van der Waals surface area contributed by atoms with Gasteiger partial charge < -0.3 is 4.74 Å². The van der Waals surface area contributed by atoms with E-state index < -0.39 is 0 Å². The van der Waals surface area contributed by atoms with E-state index >= 15 is 0 Å². The van der Waals surface area contributed by atoms with E-state index in [2.05, 4.69) is 18.7 Å². The molecule has 70 valence electrons. The lowest BCUT2D eigenvalue weighted by Crippen LogP contribution is -2.01. The van der Waals surface area contributed by atoms with Crippen LogP contribution in [-0.2, 0) is 4.74 Å². The van der Waals surface area contributed by atoms with Crippen molar-refractivity contribution < 1.29 is 4.74 Å². The maximum absolute atomic E-state index is 5.34. The first-order valence-electron chi connectivity index (χ1n) is 4.65. The average Bonchev–Trinajstić information content (AvgIpc) is 2.02. The van der Waals surface area contributed by atoms with Crippen LogP contribution in [0.3, 0.4) is 0 Å². The van der Waals surface area contributed by atoms with Crippen LogP contribution >= 0.6 is 0 Å². The van der Waals surface area contributed by atoms with Crippen molar-refractivity contribution in [1.29, 1.82) is 0 Å². The molecule has 0 N–H and O–H groups in total. The third-order valence-corrected chi connectivity index (χ3v) is 1.47. The van der Waals surface area contributed by atoms with Crippen LogP contribution in [0.1, 0.15) is 33.1 Å². The van der Waals surface area contributed by atoms with E-state index in [0.29, 0.717) is 6.10 Å². The van der Waals surface area contributed by atoms with Gasteiger partial charge in [0.1, 0.15) is 0 Å². The Morgan fingerprint density at radius 1 is 1.25 bits per heavy atom. The molecule has 1 nitrogen and oxygen atoms in total. The van der Waals surface area contributed by atoms with Gasteiger partial charge in [0.15, 0.2) is 0 Å². The first kappa shape index (κ1) is 11.4. The number of allylic oxidation sites excluding steroid dienone is 2. The molecule has 0 heterocycles. The summed E-state index contributed by atoms with van der Waals surface area (Å²) in [5, 5.41) is 0. The number of unbranched alkanes of at least 4 members (excludes halogenated alkanes) is 2. The van der Waals surface area contributed by atoms with E-state index in [1.165, 1.54) is 6.42 Å². The summed E-state index contributed by atoms with van der Waals surface area (Å²) >= 11 is 0. The van der Waals surface area contributed by atoms with Crippen molar-refractivity contribution >= 4 is 0 Å². The van der Waals surface area contributed by atoms with Gasteiger partial charge in [-0.3, -0.25) is 0 Å². The lowest BCUT2D eigenvalue weighted by Gasteiger charge is -2.02. The maximum Gasteiger partial charge on any atom is 0.0650 e. The zero-order chi connectivity index (χ0) is 9.23. The molecule has 1 heteroatoms. The fraction of sp³-hybridized carbons (Fsp3) is 0.636. The molecular weight excluding hydrogens is 148 g/mol. The van der Waals surface area contributed by atoms with Gasteiger partial charge in [0, 0.05) is 0 Å². The molecule has 0 aliphatic heterocycles. The van der Waals surface area contributed by atoms with Crippen molar-refractivity contribution in [2.75, 3.05) is 6.61 Å². The van der Waals surface area contributed by atoms with Crippen molar-refractivity contribution in [3.8, 4) is 0 Å². The fourth-order valence-corrected chi connectivity index (χ4v) is 0.814. The molecule has 0 fully saturated rings. The van der Waals surface area contributed by atoms with Crippen molar-refractivity contribution in [3.63, 3.8) is 0 Å². The second-order valence-corrected chi connectivity index (χ2v) is 3.07. The molecule has 0 saturated heterocycles. The molecule has 0 aromatic heterocycles. The molecule has 0 amide bonds. The fourth-order valence-electron chi connectivity index (χ4n) is 0.814. The first-order valence-corrected chi connectivity index (χ1v) is 4.65. The van der Waals surface area contributed by atoms with E-state index in [1.807, 2.05) is 19.9 Å². The summed E-state index contributed by atoms with van der Waals surface area (Å²) in [5.41, 5.74) is 0. The summed E-state index contributed by atoms with van der Waals surface area (Å²) in [6, 6.07) is 0. The van der Waals surface area contributed by atoms with Gasteiger partial charge >= 0.3 is 0 Å². The van der Waals surface area contributed by atoms with Crippen molar-refractivity contribution in [2.24, 2.45) is 0 Å². The molecule has 0 radical (unpaired) electrons. The predicted molar refractivity (Wildman–Crippen MR) is 54.3 cm³/mol. The summed E-state index contributed by atoms with van der Waals surface area (Å²) in [6.45, 7) is 8.51. The highest BCUT2D eigenvalue weighted by Gasteiger charge is 1.87. The Bertz CT molecular complexity index is 125. The standard InChI is InChI=1S/C11H20O/c1-4-5-6-7-8-9-10-12-11(2)3/h4,8-9,11H,1,5-7,10H2,2-3H3/b9-8+. The summed E-state index contributed by atoms with van der Waals surface area (Å²) in [6.07, 6.45) is 9.99. The topological polar surface area (TPSA) is 9.23 Å². The Balaban J connectivity index is 3.08. The van der Waals surface area contributed by atoms with Crippen LogP contribution < -0.4 is 0 Å². The SMILES string of the molecule is C=CCCC/C=C/COC(C)C. The first-order chi connectivity index (χ1) is 5.77. The largest absolute Gasteiger partial charge is 0.375 e. The lowest BCUT2D eigenvalue weighted by atomic mass is 10.2. The van der Waals surface area contributed by atoms with Crippen LogP contribution in [0.2, 0.25) is 0 Å². The average molecular weight is 168 g/mol. The monoisotopic (exact) mass is 168 g/mol. The third-order valence-electron chi connectivity index (χ3n) is 1.47. The van der Waals surface area contributed by atoms with Crippen molar-refractivity contribution in [2.45, 2.75) is 39.2 Å². The highest BCUT2D eigenvalue weighted by Crippen LogP contribution is 1.97. The minimum Gasteiger partial charge on any atom is -0.375 e. The quantitative estimate of drug-likeness (QED) is 0.418. The van der Waals surface area contributed by atoms with Crippen LogP contribution in [0.25, 0.3) is 0 Å². The molecule has 0 bridgehead atoms. The zero-order valence-electron chi connectivity index (χ0n) is 8.25. The number of rotatable bonds is 7. The highest BCUT2D eigenvalue weighted by molar-refractivity contribution is 4.82. The number of ether oxygens (including phenoxy) is 1. The van der Waals surface area contributed by atoms with E-state index in [0.717, 1.165) is 19.4 Å². The number of hydrogen-bond donors (Lipinski definition) is 0. The molecular formula is C11H20O. The third kappa shape index (κ3) is 9.44. The van der Waals surface area contributed by atoms with Crippen molar-refractivity contribution in [3.05, 3.63) is 24.8 Å². The van der Waals surface area contributed by atoms with Gasteiger partial charge in [0.25, 0.3) is 0 Å². The Morgan fingerprint density at radius 3 is 2.58 bits per heavy atom. The van der Waals surface area contributed by atoms with Crippen molar-refractivity contribution in [1.82, 2.24) is 0 Å². The number of hydrogen-bond acceptors (Lipinski definition) is 1. The van der Waals surface area contributed by atoms with E-state index in [-0.39, 0.29) is 0 Å². The van der Waals surface area contributed by atoms with Gasteiger partial charge in [-0.25, -0.2) is 0 Å². The maximum atomic E-state index is 5.34. The van der Waals surface area contributed by atoms with E-state index in [4.69, 9.17) is 4.74 Å². The molecule has 0 atom stereocenters. The van der Waals surface area contributed by atoms with E-state index in [9.17, 15) is 0 Å². The van der Waals surface area contributed by atoms with Crippen LogP contribution in [0.5, 0.6) is 0 Å². The predicted octanol–water partition coefficient (Wildman–Crippen LogP) is 3.32. The summed E-state index contributed by atoms with van der Waals surface area (Å²) in [4.78, 5) is 0. The normalized spacial score (nSPS) is 11.2. The Morgan fingerprint density at radius 2 is 2.00 bits per heavy atom. The van der Waals surface area contributed by atoms with Crippen LogP contribution in [-0.4, -0.2) is 12.7 Å². The van der Waals surface area contributed by atoms with Gasteiger partial charge in [-0.2, -0.15) is 0 Å². The molecule has 0 rings (SSSR count). The zero-order valence-corrected chi connectivity index (χ0v) is 8.25. The summed E-state index contributed by atoms with van der Waals surface area (Å²) < 4.78 is 5.34. The van der Waals surface area contributed by atoms with Crippen LogP contribution in [0, 0.1) is 0 Å². The Labute approximate surface area is 76.1 Å². The molecule has 0 unspecified atom stereocenters. The molecule has 0 spiro atoms. The second kappa shape index (κ2) is 8.54. The summed E-state index contributed by atoms with van der Waals surface area (Å²) in [5.74, 6) is 0. The molecule has 0 saturated carbocycles. The van der Waals surface area contributed by atoms with Gasteiger partial charge in [0.2, 0.25) is 0 Å². The van der Waals surface area contributed by atoms with Gasteiger partial charge in [-0.05, 0) is 33.1 Å². The molecule has 0 aliphatic carbocycles. The van der Waals surface area contributed by atoms with Crippen LogP contribution in [0.15, 0.2) is 24.8 Å². The summed E-state index contributed by atoms with van der Waals surface area (Å²) in [7, 11) is 0. The molecule has 0 aromatic rings. The smallest absolute Gasteiger partial charge is 0.0650 e. The Kier molecular flexibility index (Phi) is 8.14. The lowest BCUT2D eigenvalue weighted by molar-refractivity contribution is 0.102. The van der Waals surface area contributed by atoms with E-state index in [1.54, 1.807) is 0 Å². The minimum atomic E-state index is 0.336. The van der Waals surface area contributed by atoms with Gasteiger partial charge in [-0.15, -0.1) is 6.58 Å². The van der Waals surface area contributed by atoms with Gasteiger partial charge in [-0.1, -0.05) is 18.2 Å². The van der Waals surface area contributed by atoms with Gasteiger partial charge in [0.05, 0.1) is 12.7 Å².